The second-order valence-corrected chi connectivity index (χ2v) is 11.0. The zero-order chi connectivity index (χ0) is 20.0. The lowest BCUT2D eigenvalue weighted by molar-refractivity contribution is 0.354. The fourth-order valence-corrected chi connectivity index (χ4v) is 8.19. The highest BCUT2D eigenvalue weighted by Crippen LogP contribution is 2.60. The minimum Gasteiger partial charge on any atom is -0.331 e. The van der Waals surface area contributed by atoms with Crippen LogP contribution in [-0.4, -0.2) is 32.9 Å². The molecule has 0 saturated heterocycles. The van der Waals surface area contributed by atoms with Gasteiger partial charge in [0.1, 0.15) is 5.84 Å². The molecule has 1 fully saturated rings. The largest absolute Gasteiger partial charge is 0.331 e. The molecule has 2 aliphatic rings. The summed E-state index contributed by atoms with van der Waals surface area (Å²) in [6.07, 6.45) is -0.266. The van der Waals surface area contributed by atoms with Crippen molar-refractivity contribution in [1.29, 1.82) is 0 Å². The van der Waals surface area contributed by atoms with E-state index in [9.17, 15) is 0 Å². The van der Waals surface area contributed by atoms with Crippen LogP contribution in [0.15, 0.2) is 65.7 Å². The molecule has 1 saturated carbocycles. The van der Waals surface area contributed by atoms with E-state index in [1.807, 2.05) is 67.1 Å². The Kier molecular flexibility index (Phi) is 4.66. The molecule has 1 aliphatic heterocycles. The SMILES string of the molecule is CCOP1(=S)c2c(C)nn(-c3ccccc3)c2N=C(c2ccccc2)N1C1CC1. The molecule has 5 rings (SSSR count). The number of nitrogens with zero attached hydrogens (tertiary/aromatic N) is 4. The summed E-state index contributed by atoms with van der Waals surface area (Å²) in [7, 11) is 0. The highest BCUT2D eigenvalue weighted by Gasteiger charge is 2.48. The molecule has 2 heterocycles. The van der Waals surface area contributed by atoms with Crippen molar-refractivity contribution in [3.8, 4) is 5.69 Å². The minimum atomic E-state index is -2.51. The van der Waals surface area contributed by atoms with E-state index in [4.69, 9.17) is 26.4 Å². The molecule has 1 atom stereocenters. The first-order valence-corrected chi connectivity index (χ1v) is 12.6. The van der Waals surface area contributed by atoms with Crippen LogP contribution in [0.2, 0.25) is 0 Å². The van der Waals surface area contributed by atoms with E-state index >= 15 is 0 Å². The van der Waals surface area contributed by atoms with E-state index in [0.717, 1.165) is 46.7 Å². The number of fused-ring (bicyclic) bond motifs is 1. The number of para-hydroxylation sites is 1. The molecule has 0 radical (unpaired) electrons. The van der Waals surface area contributed by atoms with Gasteiger partial charge in [-0.3, -0.25) is 0 Å². The van der Waals surface area contributed by atoms with Crippen LogP contribution >= 0.6 is 6.42 Å². The third-order valence-corrected chi connectivity index (χ3v) is 9.40. The molecule has 2 aromatic carbocycles. The van der Waals surface area contributed by atoms with Crippen LogP contribution in [0.3, 0.4) is 0 Å². The van der Waals surface area contributed by atoms with Gasteiger partial charge in [-0.2, -0.15) is 5.10 Å². The smallest absolute Gasteiger partial charge is 0.193 e. The first kappa shape index (κ1) is 18.7. The molecule has 148 valence electrons. The van der Waals surface area contributed by atoms with Crippen LogP contribution in [0, 0.1) is 6.92 Å². The van der Waals surface area contributed by atoms with E-state index in [2.05, 4.69) is 16.8 Å². The summed E-state index contributed by atoms with van der Waals surface area (Å²) in [6, 6.07) is 20.8. The van der Waals surface area contributed by atoms with Gasteiger partial charge in [0.15, 0.2) is 12.2 Å². The lowest BCUT2D eigenvalue weighted by Crippen LogP contribution is -2.38. The topological polar surface area (TPSA) is 42.6 Å². The number of aryl methyl sites for hydroxylation is 1. The zero-order valence-electron chi connectivity index (χ0n) is 16.5. The van der Waals surface area contributed by atoms with E-state index in [0.29, 0.717) is 12.6 Å². The molecule has 0 bridgehead atoms. The molecule has 3 aromatic rings. The molecule has 5 nitrogen and oxygen atoms in total. The number of aliphatic imine (C=N–C) groups is 1. The second kappa shape index (κ2) is 7.21. The lowest BCUT2D eigenvalue weighted by atomic mass is 10.2. The number of hydrogen-bond donors (Lipinski definition) is 0. The number of rotatable bonds is 5. The Morgan fingerprint density at radius 1 is 1.07 bits per heavy atom. The van der Waals surface area contributed by atoms with Crippen LogP contribution in [0.4, 0.5) is 5.82 Å². The predicted octanol–water partition coefficient (Wildman–Crippen LogP) is 4.71. The normalized spacial score (nSPS) is 21.0. The zero-order valence-corrected chi connectivity index (χ0v) is 18.2. The van der Waals surface area contributed by atoms with Crippen molar-refractivity contribution in [3.63, 3.8) is 0 Å². The summed E-state index contributed by atoms with van der Waals surface area (Å²) in [6.45, 7) is 4.61. The lowest BCUT2D eigenvalue weighted by Gasteiger charge is -2.39. The number of benzene rings is 2. The Morgan fingerprint density at radius 3 is 2.34 bits per heavy atom. The highest BCUT2D eigenvalue weighted by atomic mass is 32.4. The third kappa shape index (κ3) is 3.07. The van der Waals surface area contributed by atoms with Crippen LogP contribution in [0.25, 0.3) is 5.69 Å². The van der Waals surface area contributed by atoms with Crippen molar-refractivity contribution in [2.24, 2.45) is 4.99 Å². The quantitative estimate of drug-likeness (QED) is 0.559. The first-order valence-electron chi connectivity index (χ1n) is 9.97. The number of aromatic nitrogens is 2. The molecular weight excluding hydrogens is 399 g/mol. The van der Waals surface area contributed by atoms with Gasteiger partial charge in [0.05, 0.1) is 23.3 Å². The van der Waals surface area contributed by atoms with E-state index < -0.39 is 6.42 Å². The average Bonchev–Trinajstić information content (AvgIpc) is 3.51. The molecular formula is C22H23N4OPS. The summed E-state index contributed by atoms with van der Waals surface area (Å²) < 4.78 is 10.6. The maximum atomic E-state index is 6.41. The fraction of sp³-hybridized carbons (Fsp3) is 0.273. The number of amidine groups is 1. The van der Waals surface area contributed by atoms with Crippen LogP contribution in [-0.2, 0) is 16.3 Å². The van der Waals surface area contributed by atoms with E-state index in [1.165, 1.54) is 0 Å². The second-order valence-electron chi connectivity index (χ2n) is 7.32. The Balaban J connectivity index is 1.80. The third-order valence-electron chi connectivity index (χ3n) is 5.23. The Morgan fingerprint density at radius 2 is 1.72 bits per heavy atom. The van der Waals surface area contributed by atoms with Gasteiger partial charge in [-0.05, 0) is 50.6 Å². The minimum absolute atomic E-state index is 0.388. The van der Waals surface area contributed by atoms with Crippen LogP contribution in [0.5, 0.6) is 0 Å². The standard InChI is InChI=1S/C22H23N4OPS/c1-3-27-28(29)20-16(2)24-25(18-12-8-5-9-13-18)22(20)23-21(26(28)19-14-15-19)17-10-6-4-7-11-17/h4-13,19H,3,14-15H2,1-2H3. The fourth-order valence-electron chi connectivity index (χ4n) is 3.86. The Hall–Kier alpha value is -2.27. The molecule has 29 heavy (non-hydrogen) atoms. The van der Waals surface area contributed by atoms with Crippen LogP contribution < -0.4 is 5.30 Å². The predicted molar refractivity (Wildman–Crippen MR) is 121 cm³/mol. The van der Waals surface area contributed by atoms with E-state index in [-0.39, 0.29) is 0 Å². The summed E-state index contributed by atoms with van der Waals surface area (Å²) in [5.74, 6) is 1.72. The summed E-state index contributed by atoms with van der Waals surface area (Å²) >= 11 is 6.35. The number of hydrogen-bond acceptors (Lipinski definition) is 4. The van der Waals surface area contributed by atoms with Crippen LogP contribution in [0.1, 0.15) is 31.0 Å². The monoisotopic (exact) mass is 422 g/mol. The summed E-state index contributed by atoms with van der Waals surface area (Å²) in [5, 5.41) is 5.84. The highest BCUT2D eigenvalue weighted by molar-refractivity contribution is 8.15. The van der Waals surface area contributed by atoms with Crippen molar-refractivity contribution in [2.75, 3.05) is 6.61 Å². The van der Waals surface area contributed by atoms with Gasteiger partial charge in [0, 0.05) is 11.6 Å². The summed E-state index contributed by atoms with van der Waals surface area (Å²) in [5.41, 5.74) is 2.95. The molecule has 1 aliphatic carbocycles. The van der Waals surface area contributed by atoms with Gasteiger partial charge in [0.25, 0.3) is 0 Å². The molecule has 1 unspecified atom stereocenters. The van der Waals surface area contributed by atoms with Gasteiger partial charge in [0.2, 0.25) is 0 Å². The molecule has 0 N–H and O–H groups in total. The molecule has 7 heteroatoms. The molecule has 1 aromatic heterocycles. The van der Waals surface area contributed by atoms with Crippen molar-refractivity contribution in [3.05, 3.63) is 71.9 Å². The van der Waals surface area contributed by atoms with Gasteiger partial charge >= 0.3 is 0 Å². The van der Waals surface area contributed by atoms with Gasteiger partial charge in [-0.1, -0.05) is 48.5 Å². The van der Waals surface area contributed by atoms with Gasteiger partial charge in [-0.25, -0.2) is 9.67 Å². The maximum absolute atomic E-state index is 6.41. The molecule has 0 spiro atoms. The Bertz CT molecular complexity index is 1120. The van der Waals surface area contributed by atoms with Crippen molar-refractivity contribution in [1.82, 2.24) is 14.5 Å². The van der Waals surface area contributed by atoms with Crippen molar-refractivity contribution in [2.45, 2.75) is 32.7 Å². The first-order chi connectivity index (χ1) is 14.1. The molecule has 0 amide bonds. The van der Waals surface area contributed by atoms with Gasteiger partial charge < -0.3 is 9.19 Å². The van der Waals surface area contributed by atoms with Gasteiger partial charge in [-0.15, -0.1) is 0 Å². The van der Waals surface area contributed by atoms with Crippen molar-refractivity contribution < 1.29 is 4.52 Å². The summed E-state index contributed by atoms with van der Waals surface area (Å²) in [4.78, 5) is 5.16. The van der Waals surface area contributed by atoms with E-state index in [1.54, 1.807) is 0 Å². The van der Waals surface area contributed by atoms with Crippen molar-refractivity contribution >= 4 is 35.2 Å². The Labute approximate surface area is 176 Å². The maximum Gasteiger partial charge on any atom is 0.193 e. The average molecular weight is 422 g/mol.